The summed E-state index contributed by atoms with van der Waals surface area (Å²) in [6.07, 6.45) is 4.40. The van der Waals surface area contributed by atoms with Crippen LogP contribution in [0.4, 0.5) is 17.5 Å². The van der Waals surface area contributed by atoms with Crippen molar-refractivity contribution in [1.29, 1.82) is 0 Å². The Hall–Kier alpha value is -2.05. The van der Waals surface area contributed by atoms with E-state index in [4.69, 9.17) is 16.3 Å². The van der Waals surface area contributed by atoms with E-state index >= 15 is 0 Å². The molecule has 1 N–H and O–H groups in total. The first-order chi connectivity index (χ1) is 12.8. The fourth-order valence-corrected chi connectivity index (χ4v) is 3.64. The fourth-order valence-electron chi connectivity index (χ4n) is 3.46. The van der Waals surface area contributed by atoms with Gasteiger partial charge in [-0.05, 0) is 37.1 Å². The van der Waals surface area contributed by atoms with E-state index in [0.29, 0.717) is 6.10 Å². The highest BCUT2D eigenvalue weighted by Gasteiger charge is 2.20. The molecule has 1 aromatic heterocycles. The molecule has 2 aliphatic rings. The first-order valence-corrected chi connectivity index (χ1v) is 9.60. The lowest BCUT2D eigenvalue weighted by atomic mass is 10.2. The number of ether oxygens (including phenoxy) is 1. The molecule has 2 fully saturated rings. The summed E-state index contributed by atoms with van der Waals surface area (Å²) in [5.74, 6) is 1.65. The minimum absolute atomic E-state index is 0.301. The number of hydrogen-bond donors (Lipinski definition) is 1. The maximum atomic E-state index is 6.11. The van der Waals surface area contributed by atoms with Crippen LogP contribution in [0.15, 0.2) is 36.5 Å². The van der Waals surface area contributed by atoms with Gasteiger partial charge in [0.1, 0.15) is 5.82 Å². The van der Waals surface area contributed by atoms with Gasteiger partial charge in [0.05, 0.1) is 6.10 Å². The molecule has 0 bridgehead atoms. The topological polar surface area (TPSA) is 53.5 Å². The fraction of sp³-hybridized carbons (Fsp3) is 0.474. The molecule has 0 amide bonds. The summed E-state index contributed by atoms with van der Waals surface area (Å²) >= 11 is 6.11. The molecule has 0 radical (unpaired) electrons. The largest absolute Gasteiger partial charge is 0.376 e. The molecule has 1 unspecified atom stereocenters. The standard InChI is InChI=1S/C19H24ClN5O/c20-15-3-1-4-16(13-15)24-8-10-25(11-9-24)19-21-7-6-18(23-19)22-14-17-5-2-12-26-17/h1,3-4,6-7,13,17H,2,5,8-12,14H2,(H,21,22,23). The third kappa shape index (κ3) is 4.19. The third-order valence-electron chi connectivity index (χ3n) is 4.91. The molecular formula is C19H24ClN5O. The van der Waals surface area contributed by atoms with Crippen LogP contribution in [-0.4, -0.2) is 55.4 Å². The molecule has 2 aromatic rings. The zero-order valence-electron chi connectivity index (χ0n) is 14.8. The Balaban J connectivity index is 1.34. The van der Waals surface area contributed by atoms with Crippen LogP contribution in [0.3, 0.4) is 0 Å². The molecule has 0 aliphatic carbocycles. The Morgan fingerprint density at radius 2 is 2.00 bits per heavy atom. The van der Waals surface area contributed by atoms with Crippen molar-refractivity contribution >= 4 is 29.1 Å². The number of nitrogens with zero attached hydrogens (tertiary/aromatic N) is 4. The Morgan fingerprint density at radius 3 is 2.77 bits per heavy atom. The molecule has 3 heterocycles. The van der Waals surface area contributed by atoms with Crippen molar-refractivity contribution in [2.75, 3.05) is 54.4 Å². The zero-order valence-corrected chi connectivity index (χ0v) is 15.5. The minimum atomic E-state index is 0.301. The van der Waals surface area contributed by atoms with Gasteiger partial charge in [-0.25, -0.2) is 4.98 Å². The molecule has 0 spiro atoms. The first-order valence-electron chi connectivity index (χ1n) is 9.22. The number of rotatable bonds is 5. The Labute approximate surface area is 159 Å². The van der Waals surface area contributed by atoms with Gasteiger partial charge >= 0.3 is 0 Å². The Kier molecular flexibility index (Phi) is 5.41. The highest BCUT2D eigenvalue weighted by molar-refractivity contribution is 6.30. The van der Waals surface area contributed by atoms with Crippen LogP contribution in [-0.2, 0) is 4.74 Å². The summed E-state index contributed by atoms with van der Waals surface area (Å²) in [5, 5.41) is 4.16. The van der Waals surface area contributed by atoms with E-state index in [2.05, 4.69) is 31.2 Å². The Morgan fingerprint density at radius 1 is 1.15 bits per heavy atom. The summed E-state index contributed by atoms with van der Waals surface area (Å²) in [7, 11) is 0. The average Bonchev–Trinajstić information content (AvgIpc) is 3.20. The van der Waals surface area contributed by atoms with Crippen molar-refractivity contribution in [2.45, 2.75) is 18.9 Å². The molecule has 1 aromatic carbocycles. The Bertz CT molecular complexity index is 729. The summed E-state index contributed by atoms with van der Waals surface area (Å²) < 4.78 is 5.65. The number of halogens is 1. The van der Waals surface area contributed by atoms with Crippen molar-refractivity contribution < 1.29 is 4.74 Å². The van der Waals surface area contributed by atoms with Crippen LogP contribution in [0.1, 0.15) is 12.8 Å². The van der Waals surface area contributed by atoms with E-state index in [1.807, 2.05) is 30.5 Å². The van der Waals surface area contributed by atoms with Gasteiger partial charge in [0.2, 0.25) is 5.95 Å². The highest BCUT2D eigenvalue weighted by atomic mass is 35.5. The monoisotopic (exact) mass is 373 g/mol. The van der Waals surface area contributed by atoms with Crippen LogP contribution in [0.25, 0.3) is 0 Å². The van der Waals surface area contributed by atoms with E-state index in [0.717, 1.165) is 69.0 Å². The number of benzene rings is 1. The maximum absolute atomic E-state index is 6.11. The predicted molar refractivity (Wildman–Crippen MR) is 105 cm³/mol. The van der Waals surface area contributed by atoms with Crippen LogP contribution < -0.4 is 15.1 Å². The van der Waals surface area contributed by atoms with Crippen LogP contribution in [0, 0.1) is 0 Å². The molecular weight excluding hydrogens is 350 g/mol. The average molecular weight is 374 g/mol. The first kappa shape index (κ1) is 17.4. The summed E-state index contributed by atoms with van der Waals surface area (Å²) in [5.41, 5.74) is 1.17. The number of anilines is 3. The summed E-state index contributed by atoms with van der Waals surface area (Å²) in [6, 6.07) is 9.94. The molecule has 4 rings (SSSR count). The smallest absolute Gasteiger partial charge is 0.227 e. The minimum Gasteiger partial charge on any atom is -0.376 e. The van der Waals surface area contributed by atoms with Crippen molar-refractivity contribution in [3.63, 3.8) is 0 Å². The van der Waals surface area contributed by atoms with Gasteiger partial charge in [-0.15, -0.1) is 0 Å². The second kappa shape index (κ2) is 8.10. The lowest BCUT2D eigenvalue weighted by Crippen LogP contribution is -2.47. The molecule has 0 saturated carbocycles. The summed E-state index contributed by atoms with van der Waals surface area (Å²) in [6.45, 7) is 5.31. The normalized spacial score (nSPS) is 20.4. The third-order valence-corrected chi connectivity index (χ3v) is 5.15. The molecule has 6 nitrogen and oxygen atoms in total. The van der Waals surface area contributed by atoms with Crippen LogP contribution >= 0.6 is 11.6 Å². The van der Waals surface area contributed by atoms with Crippen molar-refractivity contribution in [3.05, 3.63) is 41.6 Å². The van der Waals surface area contributed by atoms with Crippen molar-refractivity contribution in [3.8, 4) is 0 Å². The molecule has 138 valence electrons. The van der Waals surface area contributed by atoms with E-state index in [9.17, 15) is 0 Å². The maximum Gasteiger partial charge on any atom is 0.227 e. The number of hydrogen-bond acceptors (Lipinski definition) is 6. The van der Waals surface area contributed by atoms with Gasteiger partial charge in [0.25, 0.3) is 0 Å². The quantitative estimate of drug-likeness (QED) is 0.869. The van der Waals surface area contributed by atoms with E-state index < -0.39 is 0 Å². The van der Waals surface area contributed by atoms with Gasteiger partial charge in [-0.1, -0.05) is 17.7 Å². The lowest BCUT2D eigenvalue weighted by molar-refractivity contribution is 0.120. The number of nitrogens with one attached hydrogen (secondary N) is 1. The molecule has 2 saturated heterocycles. The van der Waals surface area contributed by atoms with Crippen LogP contribution in [0.2, 0.25) is 5.02 Å². The summed E-state index contributed by atoms with van der Waals surface area (Å²) in [4.78, 5) is 13.7. The van der Waals surface area contributed by atoms with Gasteiger partial charge in [0.15, 0.2) is 0 Å². The van der Waals surface area contributed by atoms with Gasteiger partial charge in [-0.2, -0.15) is 4.98 Å². The lowest BCUT2D eigenvalue weighted by Gasteiger charge is -2.36. The number of piperazine rings is 1. The van der Waals surface area contributed by atoms with E-state index in [-0.39, 0.29) is 0 Å². The van der Waals surface area contributed by atoms with Crippen LogP contribution in [0.5, 0.6) is 0 Å². The zero-order chi connectivity index (χ0) is 17.8. The molecule has 1 atom stereocenters. The van der Waals surface area contributed by atoms with Gasteiger partial charge < -0.3 is 19.9 Å². The molecule has 7 heteroatoms. The molecule has 2 aliphatic heterocycles. The van der Waals surface area contributed by atoms with Crippen molar-refractivity contribution in [2.24, 2.45) is 0 Å². The van der Waals surface area contributed by atoms with Crippen molar-refractivity contribution in [1.82, 2.24) is 9.97 Å². The van der Waals surface area contributed by atoms with E-state index in [1.54, 1.807) is 0 Å². The SMILES string of the molecule is Clc1cccc(N2CCN(c3nccc(NCC4CCCO4)n3)CC2)c1. The second-order valence-electron chi connectivity index (χ2n) is 6.71. The second-order valence-corrected chi connectivity index (χ2v) is 7.15. The van der Waals surface area contributed by atoms with Gasteiger partial charge in [-0.3, -0.25) is 0 Å². The molecule has 26 heavy (non-hydrogen) atoms. The van der Waals surface area contributed by atoms with Gasteiger partial charge in [0, 0.05) is 56.2 Å². The van der Waals surface area contributed by atoms with E-state index in [1.165, 1.54) is 5.69 Å². The predicted octanol–water partition coefficient (Wildman–Crippen LogP) is 3.05. The number of aromatic nitrogens is 2. The highest BCUT2D eigenvalue weighted by Crippen LogP contribution is 2.22.